The number of halogens is 1. The number of anilines is 1. The third-order valence-electron chi connectivity index (χ3n) is 9.13. The van der Waals surface area contributed by atoms with Gasteiger partial charge in [-0.25, -0.2) is 9.37 Å². The zero-order valence-electron chi connectivity index (χ0n) is 22.7. The molecule has 3 aliphatic heterocycles. The molecule has 1 spiro atoms. The molecule has 2 aromatic rings. The first-order valence-electron chi connectivity index (χ1n) is 14.7. The molecule has 0 bridgehead atoms. The zero-order valence-corrected chi connectivity index (χ0v) is 22.7. The predicted molar refractivity (Wildman–Crippen MR) is 146 cm³/mol. The number of rotatable bonds is 10. The van der Waals surface area contributed by atoms with Gasteiger partial charge in [-0.1, -0.05) is 12.1 Å². The highest BCUT2D eigenvalue weighted by atomic mass is 19.1. The maximum atomic E-state index is 14.4. The van der Waals surface area contributed by atoms with E-state index in [4.69, 9.17) is 14.5 Å². The summed E-state index contributed by atoms with van der Waals surface area (Å²) in [5.41, 5.74) is 4.11. The Morgan fingerprint density at radius 2 is 2.15 bits per heavy atom. The number of unbranched alkanes of at least 4 members (excludes halogenated alkanes) is 1. The van der Waals surface area contributed by atoms with Crippen LogP contribution in [0.1, 0.15) is 85.9 Å². The standard InChI is InChI=1S/C31H40FN3O4/c32-22-7-9-25(27-19-31(11-12-31)13-17-39-27)26(18-22)28(30(36)37)35-15-10-24(20-35)38-16-2-1-5-23-8-6-21-4-3-14-33-29(21)34-23/h6-9,18,24,27-28H,1-5,10-17,19-20H2,(H,33,34)(H,36,37)/t24-,27+,28+/m1/s1. The van der Waals surface area contributed by atoms with Gasteiger partial charge >= 0.3 is 5.97 Å². The van der Waals surface area contributed by atoms with Crippen LogP contribution in [0.2, 0.25) is 0 Å². The summed E-state index contributed by atoms with van der Waals surface area (Å²) in [6.45, 7) is 3.45. The van der Waals surface area contributed by atoms with Crippen LogP contribution in [0.25, 0.3) is 0 Å². The molecule has 3 fully saturated rings. The van der Waals surface area contributed by atoms with Crippen LogP contribution in [0.4, 0.5) is 10.2 Å². The lowest BCUT2D eigenvalue weighted by Crippen LogP contribution is -2.35. The van der Waals surface area contributed by atoms with Crippen LogP contribution in [0, 0.1) is 11.2 Å². The lowest BCUT2D eigenvalue weighted by molar-refractivity contribution is -0.143. The number of hydrogen-bond donors (Lipinski definition) is 2. The molecular weight excluding hydrogens is 497 g/mol. The monoisotopic (exact) mass is 537 g/mol. The topological polar surface area (TPSA) is 83.9 Å². The van der Waals surface area contributed by atoms with Gasteiger partial charge in [-0.15, -0.1) is 0 Å². The number of pyridine rings is 1. The first-order chi connectivity index (χ1) is 19.0. The molecular formula is C31H40FN3O4. The Balaban J connectivity index is 1.03. The van der Waals surface area contributed by atoms with Gasteiger partial charge in [0.15, 0.2) is 0 Å². The molecule has 1 aromatic carbocycles. The minimum absolute atomic E-state index is 0.0180. The molecule has 2 saturated heterocycles. The van der Waals surface area contributed by atoms with E-state index < -0.39 is 17.8 Å². The second-order valence-electron chi connectivity index (χ2n) is 11.9. The fourth-order valence-electron chi connectivity index (χ4n) is 6.65. The number of hydrogen-bond acceptors (Lipinski definition) is 6. The van der Waals surface area contributed by atoms with Gasteiger partial charge in [0.05, 0.1) is 12.2 Å². The summed E-state index contributed by atoms with van der Waals surface area (Å²) in [5.74, 6) is -0.322. The highest BCUT2D eigenvalue weighted by Gasteiger charge is 2.47. The van der Waals surface area contributed by atoms with Gasteiger partial charge < -0.3 is 19.9 Å². The van der Waals surface area contributed by atoms with Gasteiger partial charge in [-0.3, -0.25) is 9.69 Å². The van der Waals surface area contributed by atoms with Gasteiger partial charge in [0.25, 0.3) is 0 Å². The largest absolute Gasteiger partial charge is 0.480 e. The van der Waals surface area contributed by atoms with E-state index in [1.165, 1.54) is 30.5 Å². The molecule has 0 amide bonds. The highest BCUT2D eigenvalue weighted by Crippen LogP contribution is 2.58. The minimum atomic E-state index is -0.952. The van der Waals surface area contributed by atoms with Gasteiger partial charge in [0.2, 0.25) is 0 Å². The highest BCUT2D eigenvalue weighted by molar-refractivity contribution is 5.76. The second-order valence-corrected chi connectivity index (χ2v) is 11.9. The maximum absolute atomic E-state index is 14.4. The number of aryl methyl sites for hydroxylation is 2. The Bertz CT molecular complexity index is 1190. The Hall–Kier alpha value is -2.55. The van der Waals surface area contributed by atoms with Crippen molar-refractivity contribution in [1.29, 1.82) is 0 Å². The van der Waals surface area contributed by atoms with Crippen molar-refractivity contribution in [3.8, 4) is 0 Å². The molecule has 1 saturated carbocycles. The first kappa shape index (κ1) is 26.7. The number of aliphatic carboxylic acids is 1. The Labute approximate surface area is 230 Å². The zero-order chi connectivity index (χ0) is 26.8. The SMILES string of the molecule is O=C(O)[C@H](c1cc(F)ccc1[C@@H]1CC2(CCO1)CC2)N1CC[C@@H](OCCCCc2ccc3c(n2)NCCC3)C1. The van der Waals surface area contributed by atoms with Crippen molar-refractivity contribution < 1.29 is 23.8 Å². The van der Waals surface area contributed by atoms with Gasteiger partial charge in [-0.05, 0) is 105 Å². The molecule has 4 heterocycles. The smallest absolute Gasteiger partial charge is 0.325 e. The van der Waals surface area contributed by atoms with Crippen molar-refractivity contribution in [3.63, 3.8) is 0 Å². The number of aromatic nitrogens is 1. The molecule has 8 heteroatoms. The van der Waals surface area contributed by atoms with Gasteiger partial charge in [0.1, 0.15) is 17.7 Å². The molecule has 1 aromatic heterocycles. The summed E-state index contributed by atoms with van der Waals surface area (Å²) in [6, 6.07) is 8.00. The van der Waals surface area contributed by atoms with E-state index in [0.717, 1.165) is 75.0 Å². The Kier molecular flexibility index (Phi) is 7.87. The summed E-state index contributed by atoms with van der Waals surface area (Å²) >= 11 is 0. The van der Waals surface area contributed by atoms with E-state index in [0.29, 0.717) is 37.3 Å². The second kappa shape index (κ2) is 11.5. The lowest BCUT2D eigenvalue weighted by atomic mass is 9.86. The molecule has 2 N–H and O–H groups in total. The van der Waals surface area contributed by atoms with Crippen molar-refractivity contribution in [1.82, 2.24) is 9.88 Å². The fourth-order valence-corrected chi connectivity index (χ4v) is 6.65. The van der Waals surface area contributed by atoms with Crippen LogP contribution in [-0.2, 0) is 27.1 Å². The van der Waals surface area contributed by atoms with Crippen molar-refractivity contribution >= 4 is 11.8 Å². The molecule has 6 rings (SSSR count). The quantitative estimate of drug-likeness (QED) is 0.390. The Morgan fingerprint density at radius 1 is 1.26 bits per heavy atom. The van der Waals surface area contributed by atoms with Gasteiger partial charge in [-0.2, -0.15) is 0 Å². The number of carboxylic acids is 1. The fraction of sp³-hybridized carbons (Fsp3) is 0.613. The lowest BCUT2D eigenvalue weighted by Gasteiger charge is -2.33. The Morgan fingerprint density at radius 3 is 3.00 bits per heavy atom. The molecule has 4 aliphatic rings. The molecule has 0 unspecified atom stereocenters. The molecule has 0 radical (unpaired) electrons. The van der Waals surface area contributed by atoms with Crippen molar-refractivity contribution in [2.45, 2.75) is 82.5 Å². The van der Waals surface area contributed by atoms with Crippen molar-refractivity contribution in [3.05, 3.63) is 58.5 Å². The number of carbonyl (C=O) groups is 1. The number of carboxylic acid groups (broad SMARTS) is 1. The van der Waals surface area contributed by atoms with E-state index in [2.05, 4.69) is 17.4 Å². The summed E-state index contributed by atoms with van der Waals surface area (Å²) in [5, 5.41) is 13.7. The molecule has 7 nitrogen and oxygen atoms in total. The number of fused-ring (bicyclic) bond motifs is 1. The third kappa shape index (κ3) is 6.13. The first-order valence-corrected chi connectivity index (χ1v) is 14.7. The number of nitrogens with one attached hydrogen (secondary N) is 1. The van der Waals surface area contributed by atoms with Crippen LogP contribution in [-0.4, -0.2) is 59.9 Å². The summed E-state index contributed by atoms with van der Waals surface area (Å²) < 4.78 is 26.7. The average Bonchev–Trinajstić information content (AvgIpc) is 3.51. The number of nitrogens with zero attached hydrogens (tertiary/aromatic N) is 2. The average molecular weight is 538 g/mol. The van der Waals surface area contributed by atoms with E-state index in [1.807, 2.05) is 4.90 Å². The van der Waals surface area contributed by atoms with E-state index in [-0.39, 0.29) is 12.2 Å². The van der Waals surface area contributed by atoms with Crippen LogP contribution in [0.3, 0.4) is 0 Å². The van der Waals surface area contributed by atoms with Crippen LogP contribution in [0.5, 0.6) is 0 Å². The van der Waals surface area contributed by atoms with Crippen molar-refractivity contribution in [2.24, 2.45) is 5.41 Å². The summed E-state index contributed by atoms with van der Waals surface area (Å²) in [7, 11) is 0. The van der Waals surface area contributed by atoms with E-state index in [1.54, 1.807) is 6.07 Å². The van der Waals surface area contributed by atoms with E-state index >= 15 is 0 Å². The summed E-state index contributed by atoms with van der Waals surface area (Å²) in [6.07, 6.45) is 10.1. The maximum Gasteiger partial charge on any atom is 0.325 e. The third-order valence-corrected chi connectivity index (χ3v) is 9.13. The van der Waals surface area contributed by atoms with Crippen LogP contribution in [0.15, 0.2) is 30.3 Å². The molecule has 1 aliphatic carbocycles. The molecule has 3 atom stereocenters. The van der Waals surface area contributed by atoms with Crippen LogP contribution < -0.4 is 5.32 Å². The summed E-state index contributed by atoms with van der Waals surface area (Å²) in [4.78, 5) is 19.3. The number of likely N-dealkylation sites (tertiary alicyclic amines) is 1. The van der Waals surface area contributed by atoms with Crippen molar-refractivity contribution in [2.75, 3.05) is 38.2 Å². The predicted octanol–water partition coefficient (Wildman–Crippen LogP) is 5.45. The molecule has 210 valence electrons. The normalized spacial score (nSPS) is 24.7. The number of benzene rings is 1. The van der Waals surface area contributed by atoms with Crippen LogP contribution >= 0.6 is 0 Å². The number of ether oxygens (including phenoxy) is 2. The molecule has 39 heavy (non-hydrogen) atoms. The van der Waals surface area contributed by atoms with E-state index in [9.17, 15) is 14.3 Å². The van der Waals surface area contributed by atoms with Gasteiger partial charge in [0, 0.05) is 38.5 Å². The minimum Gasteiger partial charge on any atom is -0.480 e.